The molecule has 0 spiro atoms. The van der Waals surface area contributed by atoms with E-state index < -0.39 is 11.3 Å². The van der Waals surface area contributed by atoms with E-state index in [0.717, 1.165) is 10.1 Å². The molecule has 1 heterocycles. The van der Waals surface area contributed by atoms with Crippen LogP contribution in [0.2, 0.25) is 5.22 Å². The number of benzene rings is 2. The fourth-order valence-electron chi connectivity index (χ4n) is 2.23. The number of aromatic nitrogens is 1. The number of para-hydroxylation sites is 1. The SMILES string of the molecule is O=c1oc(Cl)c(Cc2ccccc2)c(=O)n1-c1ccccc1. The van der Waals surface area contributed by atoms with Crippen molar-refractivity contribution in [1.82, 2.24) is 4.57 Å². The van der Waals surface area contributed by atoms with Crippen molar-refractivity contribution in [2.24, 2.45) is 0 Å². The average Bonchev–Trinajstić information content (AvgIpc) is 2.53. The second-order valence-corrected chi connectivity index (χ2v) is 5.10. The molecule has 0 unspecified atom stereocenters. The summed E-state index contributed by atoms with van der Waals surface area (Å²) in [6, 6.07) is 18.0. The van der Waals surface area contributed by atoms with Gasteiger partial charge in [-0.25, -0.2) is 9.36 Å². The van der Waals surface area contributed by atoms with Gasteiger partial charge in [0.1, 0.15) is 0 Å². The molecular weight excluding hydrogens is 302 g/mol. The van der Waals surface area contributed by atoms with Gasteiger partial charge in [-0.05, 0) is 29.3 Å². The predicted molar refractivity (Wildman–Crippen MR) is 84.8 cm³/mol. The highest BCUT2D eigenvalue weighted by Crippen LogP contribution is 2.15. The first-order valence-corrected chi connectivity index (χ1v) is 7.08. The third kappa shape index (κ3) is 2.73. The fourth-order valence-corrected chi connectivity index (χ4v) is 2.44. The minimum Gasteiger partial charge on any atom is -0.397 e. The molecule has 0 fully saturated rings. The van der Waals surface area contributed by atoms with Gasteiger partial charge < -0.3 is 4.42 Å². The van der Waals surface area contributed by atoms with Crippen molar-refractivity contribution in [2.75, 3.05) is 0 Å². The van der Waals surface area contributed by atoms with E-state index in [2.05, 4.69) is 0 Å². The molecule has 0 atom stereocenters. The van der Waals surface area contributed by atoms with Gasteiger partial charge in [0.15, 0.2) is 0 Å². The lowest BCUT2D eigenvalue weighted by Crippen LogP contribution is -2.33. The Kier molecular flexibility index (Phi) is 3.94. The van der Waals surface area contributed by atoms with Crippen LogP contribution in [0, 0.1) is 0 Å². The van der Waals surface area contributed by atoms with Crippen LogP contribution in [0.4, 0.5) is 0 Å². The Labute approximate surface area is 131 Å². The summed E-state index contributed by atoms with van der Waals surface area (Å²) in [5.41, 5.74) is 1.16. The van der Waals surface area contributed by atoms with Gasteiger partial charge in [-0.1, -0.05) is 48.5 Å². The van der Waals surface area contributed by atoms with Gasteiger partial charge in [-0.15, -0.1) is 0 Å². The van der Waals surface area contributed by atoms with E-state index >= 15 is 0 Å². The quantitative estimate of drug-likeness (QED) is 0.747. The Morgan fingerprint density at radius 3 is 2.14 bits per heavy atom. The summed E-state index contributed by atoms with van der Waals surface area (Å²) < 4.78 is 6.01. The van der Waals surface area contributed by atoms with Gasteiger partial charge in [0.05, 0.1) is 11.3 Å². The molecule has 0 aliphatic heterocycles. The first kappa shape index (κ1) is 14.4. The summed E-state index contributed by atoms with van der Waals surface area (Å²) in [6.45, 7) is 0. The molecule has 0 saturated heterocycles. The Bertz CT molecular complexity index is 899. The van der Waals surface area contributed by atoms with Crippen molar-refractivity contribution >= 4 is 11.6 Å². The number of nitrogens with zero attached hydrogens (tertiary/aromatic N) is 1. The van der Waals surface area contributed by atoms with E-state index in [4.69, 9.17) is 16.0 Å². The Morgan fingerprint density at radius 1 is 0.909 bits per heavy atom. The van der Waals surface area contributed by atoms with Gasteiger partial charge >= 0.3 is 5.76 Å². The van der Waals surface area contributed by atoms with Crippen LogP contribution >= 0.6 is 11.6 Å². The molecular formula is C17H12ClNO3. The number of rotatable bonds is 3. The van der Waals surface area contributed by atoms with Crippen LogP contribution in [-0.2, 0) is 6.42 Å². The maximum atomic E-state index is 12.6. The predicted octanol–water partition coefficient (Wildman–Crippen LogP) is 3.03. The van der Waals surface area contributed by atoms with Gasteiger partial charge in [-0.3, -0.25) is 4.79 Å². The summed E-state index contributed by atoms with van der Waals surface area (Å²) in [7, 11) is 0. The molecule has 0 radical (unpaired) electrons. The maximum absolute atomic E-state index is 12.6. The monoisotopic (exact) mass is 313 g/mol. The van der Waals surface area contributed by atoms with Crippen molar-refractivity contribution < 1.29 is 4.42 Å². The molecule has 4 nitrogen and oxygen atoms in total. The summed E-state index contributed by atoms with van der Waals surface area (Å²) >= 11 is 5.96. The second kappa shape index (κ2) is 6.03. The molecule has 0 amide bonds. The van der Waals surface area contributed by atoms with Crippen molar-refractivity contribution in [3.63, 3.8) is 0 Å². The van der Waals surface area contributed by atoms with Crippen molar-refractivity contribution in [2.45, 2.75) is 6.42 Å². The minimum absolute atomic E-state index is 0.161. The zero-order valence-electron chi connectivity index (χ0n) is 11.5. The van der Waals surface area contributed by atoms with Gasteiger partial charge in [0, 0.05) is 6.42 Å². The molecule has 5 heteroatoms. The zero-order valence-corrected chi connectivity index (χ0v) is 12.3. The summed E-state index contributed by atoms with van der Waals surface area (Å²) in [6.07, 6.45) is 0.301. The number of hydrogen-bond donors (Lipinski definition) is 0. The molecule has 0 bridgehead atoms. The molecule has 2 aromatic carbocycles. The van der Waals surface area contributed by atoms with Crippen LogP contribution in [0.3, 0.4) is 0 Å². The van der Waals surface area contributed by atoms with Crippen LogP contribution in [0.1, 0.15) is 11.1 Å². The first-order valence-electron chi connectivity index (χ1n) is 6.70. The van der Waals surface area contributed by atoms with Crippen molar-refractivity contribution in [3.8, 4) is 5.69 Å². The van der Waals surface area contributed by atoms with E-state index in [1.165, 1.54) is 0 Å². The summed E-state index contributed by atoms with van der Waals surface area (Å²) in [5.74, 6) is -0.794. The molecule has 3 aromatic rings. The van der Waals surface area contributed by atoms with Crippen molar-refractivity contribution in [3.05, 3.63) is 97.9 Å². The van der Waals surface area contributed by atoms with E-state index in [-0.39, 0.29) is 10.8 Å². The average molecular weight is 314 g/mol. The molecule has 3 rings (SSSR count). The Morgan fingerprint density at radius 2 is 1.50 bits per heavy atom. The lowest BCUT2D eigenvalue weighted by molar-refractivity contribution is 0.453. The van der Waals surface area contributed by atoms with Gasteiger partial charge in [0.2, 0.25) is 5.22 Å². The maximum Gasteiger partial charge on any atom is 0.427 e. The van der Waals surface area contributed by atoms with Crippen LogP contribution in [0.15, 0.2) is 74.7 Å². The normalized spacial score (nSPS) is 10.6. The Hall–Kier alpha value is -2.59. The van der Waals surface area contributed by atoms with E-state index in [9.17, 15) is 9.59 Å². The summed E-state index contributed by atoms with van der Waals surface area (Å²) in [4.78, 5) is 24.6. The Balaban J connectivity index is 2.16. The minimum atomic E-state index is -0.794. The molecule has 1 aromatic heterocycles. The van der Waals surface area contributed by atoms with Crippen molar-refractivity contribution in [1.29, 1.82) is 0 Å². The lowest BCUT2D eigenvalue weighted by atomic mass is 10.1. The standard InChI is InChI=1S/C17H12ClNO3/c18-15-14(11-12-7-3-1-4-8-12)16(20)19(17(21)22-15)13-9-5-2-6-10-13/h1-10H,11H2. The summed E-state index contributed by atoms with van der Waals surface area (Å²) in [5, 5.41) is -0.161. The van der Waals surface area contributed by atoms with Crippen LogP contribution in [-0.4, -0.2) is 4.57 Å². The van der Waals surface area contributed by atoms with Crippen LogP contribution in [0.5, 0.6) is 0 Å². The van der Waals surface area contributed by atoms with E-state index in [0.29, 0.717) is 12.1 Å². The second-order valence-electron chi connectivity index (χ2n) is 4.76. The zero-order chi connectivity index (χ0) is 15.5. The molecule has 0 N–H and O–H groups in total. The highest BCUT2D eigenvalue weighted by Gasteiger charge is 2.16. The number of hydrogen-bond acceptors (Lipinski definition) is 3. The highest BCUT2D eigenvalue weighted by atomic mass is 35.5. The molecule has 110 valence electrons. The molecule has 0 aliphatic carbocycles. The fraction of sp³-hybridized carbons (Fsp3) is 0.0588. The topological polar surface area (TPSA) is 52.2 Å². The lowest BCUT2D eigenvalue weighted by Gasteiger charge is -2.08. The molecule has 22 heavy (non-hydrogen) atoms. The third-order valence-corrected chi connectivity index (χ3v) is 3.60. The first-order chi connectivity index (χ1) is 10.7. The largest absolute Gasteiger partial charge is 0.427 e. The molecule has 0 aliphatic rings. The number of halogens is 1. The van der Waals surface area contributed by atoms with Crippen LogP contribution < -0.4 is 11.3 Å². The molecule has 0 saturated carbocycles. The van der Waals surface area contributed by atoms with Gasteiger partial charge in [-0.2, -0.15) is 0 Å². The van der Waals surface area contributed by atoms with Gasteiger partial charge in [0.25, 0.3) is 5.56 Å². The van der Waals surface area contributed by atoms with Crippen LogP contribution in [0.25, 0.3) is 5.69 Å². The highest BCUT2D eigenvalue weighted by molar-refractivity contribution is 6.29. The smallest absolute Gasteiger partial charge is 0.397 e. The third-order valence-electron chi connectivity index (χ3n) is 3.30. The van der Waals surface area contributed by atoms with E-state index in [1.807, 2.05) is 30.3 Å². The van der Waals surface area contributed by atoms with E-state index in [1.54, 1.807) is 30.3 Å².